The van der Waals surface area contributed by atoms with Gasteiger partial charge in [0.15, 0.2) is 0 Å². The fourth-order valence-corrected chi connectivity index (χ4v) is 4.70. The number of hydrogen-bond acceptors (Lipinski definition) is 5. The molecule has 0 saturated heterocycles. The van der Waals surface area contributed by atoms with Crippen molar-refractivity contribution in [3.63, 3.8) is 0 Å². The molecule has 0 bridgehead atoms. The Kier molecular flexibility index (Phi) is 12.4. The first-order valence-electron chi connectivity index (χ1n) is 11.7. The number of carbonyl (C=O) groups is 2. The molecule has 0 spiro atoms. The third kappa shape index (κ3) is 6.35. The lowest BCUT2D eigenvalue weighted by Gasteiger charge is -2.29. The van der Waals surface area contributed by atoms with Crippen molar-refractivity contribution in [2.24, 2.45) is 5.73 Å². The molecule has 184 valence electrons. The van der Waals surface area contributed by atoms with Gasteiger partial charge in [0.1, 0.15) is 9.71 Å². The number of nitrogens with zero attached hydrogens (tertiary/aromatic N) is 2. The van der Waals surface area contributed by atoms with E-state index in [-0.39, 0.29) is 18.0 Å². The van der Waals surface area contributed by atoms with E-state index < -0.39 is 0 Å². The van der Waals surface area contributed by atoms with E-state index in [0.717, 1.165) is 31.1 Å². The summed E-state index contributed by atoms with van der Waals surface area (Å²) >= 11 is 1.30. The van der Waals surface area contributed by atoms with Gasteiger partial charge < -0.3 is 16.4 Å². The number of nitrogens with one attached hydrogen (secondary N) is 2. The van der Waals surface area contributed by atoms with Crippen LogP contribution in [0.15, 0.2) is 62.1 Å². The molecule has 8 heteroatoms. The Labute approximate surface area is 207 Å². The molecule has 1 fully saturated rings. The summed E-state index contributed by atoms with van der Waals surface area (Å²) in [5, 5.41) is 6.74. The van der Waals surface area contributed by atoms with E-state index in [1.54, 1.807) is 30.5 Å². The molecule has 2 aromatic rings. The van der Waals surface area contributed by atoms with Crippen molar-refractivity contribution in [1.82, 2.24) is 10.3 Å². The highest BCUT2D eigenvalue weighted by atomic mass is 32.1. The van der Waals surface area contributed by atoms with Gasteiger partial charge in [-0.05, 0) is 37.3 Å². The molecule has 4 N–H and O–H groups in total. The van der Waals surface area contributed by atoms with E-state index >= 15 is 0 Å². The Bertz CT molecular complexity index is 1040. The zero-order valence-corrected chi connectivity index (χ0v) is 21.5. The highest BCUT2D eigenvalue weighted by Gasteiger charge is 2.33. The Hall–Kier alpha value is -3.39. The molecule has 3 heterocycles. The lowest BCUT2D eigenvalue weighted by Crippen LogP contribution is -2.37. The van der Waals surface area contributed by atoms with Crippen molar-refractivity contribution in [1.29, 1.82) is 0 Å². The molecule has 7 nitrogen and oxygen atoms in total. The Balaban J connectivity index is 0.000000750. The van der Waals surface area contributed by atoms with Crippen molar-refractivity contribution >= 4 is 44.9 Å². The minimum absolute atomic E-state index is 0.148. The van der Waals surface area contributed by atoms with E-state index in [1.165, 1.54) is 22.4 Å². The zero-order valence-electron chi connectivity index (χ0n) is 20.7. The number of pyridine rings is 1. The van der Waals surface area contributed by atoms with Gasteiger partial charge >= 0.3 is 6.03 Å². The van der Waals surface area contributed by atoms with Crippen molar-refractivity contribution in [2.75, 3.05) is 10.2 Å². The molecular weight excluding hydrogens is 446 g/mol. The lowest BCUT2D eigenvalue weighted by molar-refractivity contribution is 0.0943. The van der Waals surface area contributed by atoms with Gasteiger partial charge in [0.05, 0.1) is 22.5 Å². The summed E-state index contributed by atoms with van der Waals surface area (Å²) in [5.74, 6) is -0.148. The molecule has 0 radical (unpaired) electrons. The van der Waals surface area contributed by atoms with Gasteiger partial charge in [-0.15, -0.1) is 11.3 Å². The molecule has 0 atom stereocenters. The van der Waals surface area contributed by atoms with E-state index in [9.17, 15) is 9.59 Å². The van der Waals surface area contributed by atoms with Gasteiger partial charge in [-0.25, -0.2) is 9.78 Å². The number of allylic oxidation sites excluding steroid dienone is 3. The number of thiophene rings is 1. The maximum atomic E-state index is 12.8. The molecule has 34 heavy (non-hydrogen) atoms. The molecule has 4 rings (SSSR count). The Morgan fingerprint density at radius 1 is 1.24 bits per heavy atom. The molecule has 1 aliphatic heterocycles. The van der Waals surface area contributed by atoms with Crippen LogP contribution in [0.3, 0.4) is 0 Å². The molecule has 2 aromatic heterocycles. The number of rotatable bonds is 5. The van der Waals surface area contributed by atoms with Gasteiger partial charge in [0.25, 0.3) is 5.91 Å². The fourth-order valence-electron chi connectivity index (χ4n) is 3.68. The molecule has 2 aliphatic rings. The third-order valence-corrected chi connectivity index (χ3v) is 6.00. The number of nitrogens with two attached hydrogens (primary N) is 1. The largest absolute Gasteiger partial charge is 0.405 e. The van der Waals surface area contributed by atoms with Crippen LogP contribution in [0.5, 0.6) is 0 Å². The van der Waals surface area contributed by atoms with Gasteiger partial charge in [0, 0.05) is 12.2 Å². The second-order valence-electron chi connectivity index (χ2n) is 6.80. The number of anilines is 2. The van der Waals surface area contributed by atoms with Crippen LogP contribution in [0.4, 0.5) is 16.2 Å². The van der Waals surface area contributed by atoms with Crippen LogP contribution < -0.4 is 21.3 Å². The van der Waals surface area contributed by atoms with Crippen molar-refractivity contribution in [3.05, 3.63) is 67.0 Å². The van der Waals surface area contributed by atoms with Crippen LogP contribution in [0, 0.1) is 0 Å². The van der Waals surface area contributed by atoms with Gasteiger partial charge in [0.2, 0.25) is 0 Å². The predicted octanol–water partition coefficient (Wildman–Crippen LogP) is 6.72. The standard InChI is InChI=1S/C20H20N4O2S.C2H5N.2C2H6/c1-3-7-13(4-2)24-14-10-11-21-19-15(14)16(23-20(24)26)17(27-19)18(25)22-12-8-5-6-9-12;1-2-3;2*1-2/h3-4,7,10-12H,1-2,5-6,8-9H2,(H,22,25)(H,23,26);2H,1,3H2;2*1-2H3/b13-7+;;;. The Morgan fingerprint density at radius 3 is 2.41 bits per heavy atom. The quantitative estimate of drug-likeness (QED) is 0.411. The van der Waals surface area contributed by atoms with Crippen LogP contribution in [-0.2, 0) is 0 Å². The first kappa shape index (κ1) is 28.6. The van der Waals surface area contributed by atoms with Crippen LogP contribution in [0.1, 0.15) is 63.0 Å². The maximum absolute atomic E-state index is 12.8. The van der Waals surface area contributed by atoms with Gasteiger partial charge in [-0.1, -0.05) is 66.3 Å². The van der Waals surface area contributed by atoms with Gasteiger partial charge in [-0.3, -0.25) is 9.69 Å². The highest BCUT2D eigenvalue weighted by molar-refractivity contribution is 7.21. The molecule has 1 aliphatic carbocycles. The van der Waals surface area contributed by atoms with E-state index in [2.05, 4.69) is 41.1 Å². The van der Waals surface area contributed by atoms with Gasteiger partial charge in [-0.2, -0.15) is 0 Å². The van der Waals surface area contributed by atoms with Crippen LogP contribution >= 0.6 is 11.3 Å². The van der Waals surface area contributed by atoms with E-state index in [0.29, 0.717) is 26.8 Å². The maximum Gasteiger partial charge on any atom is 0.331 e. The van der Waals surface area contributed by atoms with Crippen molar-refractivity contribution < 1.29 is 9.59 Å². The molecule has 0 aromatic carbocycles. The first-order chi connectivity index (χ1) is 16.5. The fraction of sp³-hybridized carbons (Fsp3) is 0.346. The average Bonchev–Trinajstić information content (AvgIpc) is 3.50. The SMILES string of the molecule is C=C/C=C(\C=C)N1C(=O)Nc2c(C(=O)NC3CCCC3)sc3nccc1c23.C=CN.CC.CC. The third-order valence-electron chi connectivity index (χ3n) is 4.90. The lowest BCUT2D eigenvalue weighted by atomic mass is 10.1. The first-order valence-corrected chi connectivity index (χ1v) is 12.5. The smallest absolute Gasteiger partial charge is 0.331 e. The number of carbonyl (C=O) groups excluding carboxylic acids is 2. The monoisotopic (exact) mass is 483 g/mol. The molecule has 0 unspecified atom stereocenters. The summed E-state index contributed by atoms with van der Waals surface area (Å²) in [4.78, 5) is 32.8. The van der Waals surface area contributed by atoms with Crippen LogP contribution in [0.25, 0.3) is 10.2 Å². The van der Waals surface area contributed by atoms with Crippen LogP contribution in [-0.4, -0.2) is 23.0 Å². The zero-order chi connectivity index (χ0) is 25.7. The van der Waals surface area contributed by atoms with Crippen molar-refractivity contribution in [3.8, 4) is 0 Å². The molecular formula is C26H37N5O2S. The number of urea groups is 1. The average molecular weight is 484 g/mol. The van der Waals surface area contributed by atoms with Crippen molar-refractivity contribution in [2.45, 2.75) is 59.4 Å². The summed E-state index contributed by atoms with van der Waals surface area (Å²) in [7, 11) is 0. The highest BCUT2D eigenvalue weighted by Crippen LogP contribution is 2.44. The second kappa shape index (κ2) is 14.7. The number of aromatic nitrogens is 1. The second-order valence-corrected chi connectivity index (χ2v) is 7.80. The van der Waals surface area contributed by atoms with E-state index in [4.69, 9.17) is 0 Å². The summed E-state index contributed by atoms with van der Waals surface area (Å²) in [6.07, 6.45) is 12.1. The summed E-state index contributed by atoms with van der Waals surface area (Å²) < 4.78 is 0. The summed E-state index contributed by atoms with van der Waals surface area (Å²) in [6.45, 7) is 18.6. The number of hydrogen-bond donors (Lipinski definition) is 3. The van der Waals surface area contributed by atoms with E-state index in [1.807, 2.05) is 27.7 Å². The predicted molar refractivity (Wildman–Crippen MR) is 146 cm³/mol. The molecule has 1 saturated carbocycles. The topological polar surface area (TPSA) is 100 Å². The van der Waals surface area contributed by atoms with Crippen LogP contribution in [0.2, 0.25) is 0 Å². The Morgan fingerprint density at radius 2 is 1.85 bits per heavy atom. The minimum Gasteiger partial charge on any atom is -0.405 e. The summed E-state index contributed by atoms with van der Waals surface area (Å²) in [5.41, 5.74) is 6.43. The minimum atomic E-state index is -0.337. The summed E-state index contributed by atoms with van der Waals surface area (Å²) in [6, 6.07) is 1.65. The molecule has 3 amide bonds. The number of amides is 3. The normalized spacial score (nSPS) is 14.3.